The molecule has 36 heavy (non-hydrogen) atoms. The first kappa shape index (κ1) is 24.6. The number of benzene rings is 3. The number of aromatic nitrogens is 3. The number of rotatable bonds is 6. The highest BCUT2D eigenvalue weighted by atomic mass is 32.1. The van der Waals surface area contributed by atoms with Crippen molar-refractivity contribution >= 4 is 29.8 Å². The Bertz CT molecular complexity index is 1540. The minimum atomic E-state index is -0.411. The Morgan fingerprint density at radius 1 is 1.03 bits per heavy atom. The molecule has 4 rings (SSSR count). The van der Waals surface area contributed by atoms with Crippen molar-refractivity contribution in [1.29, 1.82) is 0 Å². The van der Waals surface area contributed by atoms with Gasteiger partial charge in [-0.25, -0.2) is 4.79 Å². The summed E-state index contributed by atoms with van der Waals surface area (Å²) >= 11 is 5.38. The standard InChI is InChI=1S/C28H24N4O3S/c1-19-6-3-9-22(16-19)26-30-31-28(36)32(26)15-14-25(33)29-24-11-5-8-21(18-24)13-12-20-7-4-10-23(17-20)27(34)35-2/h3-11,16-18H,14-15H2,1-2H3,(H,29,33)(H,31,36). The van der Waals surface area contributed by atoms with E-state index in [9.17, 15) is 9.59 Å². The van der Waals surface area contributed by atoms with Crippen molar-refractivity contribution in [3.63, 3.8) is 0 Å². The number of carbonyl (C=O) groups excluding carboxylic acids is 2. The summed E-state index contributed by atoms with van der Waals surface area (Å²) in [4.78, 5) is 24.4. The number of aromatic amines is 1. The Morgan fingerprint density at radius 2 is 1.75 bits per heavy atom. The third-order valence-electron chi connectivity index (χ3n) is 5.38. The largest absolute Gasteiger partial charge is 0.465 e. The fraction of sp³-hybridized carbons (Fsp3) is 0.143. The smallest absolute Gasteiger partial charge is 0.337 e. The highest BCUT2D eigenvalue weighted by Crippen LogP contribution is 2.19. The van der Waals surface area contributed by atoms with Crippen molar-refractivity contribution in [3.8, 4) is 23.2 Å². The summed E-state index contributed by atoms with van der Waals surface area (Å²) < 4.78 is 7.04. The summed E-state index contributed by atoms with van der Waals surface area (Å²) in [5, 5.41) is 10.1. The number of H-pyrrole nitrogens is 1. The second kappa shape index (κ2) is 11.3. The van der Waals surface area contributed by atoms with E-state index in [1.54, 1.807) is 24.3 Å². The lowest BCUT2D eigenvalue weighted by atomic mass is 10.1. The molecule has 1 heterocycles. The van der Waals surface area contributed by atoms with E-state index in [-0.39, 0.29) is 12.3 Å². The summed E-state index contributed by atoms with van der Waals surface area (Å²) in [5.41, 5.74) is 4.55. The van der Waals surface area contributed by atoms with Gasteiger partial charge in [-0.05, 0) is 61.6 Å². The van der Waals surface area contributed by atoms with E-state index in [4.69, 9.17) is 17.0 Å². The fourth-order valence-electron chi connectivity index (χ4n) is 3.63. The summed E-state index contributed by atoms with van der Waals surface area (Å²) in [6.45, 7) is 2.40. The third-order valence-corrected chi connectivity index (χ3v) is 5.69. The average molecular weight is 497 g/mol. The van der Waals surface area contributed by atoms with Gasteiger partial charge in [0, 0.05) is 35.3 Å². The number of hydrogen-bond donors (Lipinski definition) is 2. The molecule has 0 aliphatic heterocycles. The molecule has 0 unspecified atom stereocenters. The van der Waals surface area contributed by atoms with E-state index in [0.717, 1.165) is 16.7 Å². The predicted molar refractivity (Wildman–Crippen MR) is 141 cm³/mol. The lowest BCUT2D eigenvalue weighted by Crippen LogP contribution is -2.15. The minimum absolute atomic E-state index is 0.149. The van der Waals surface area contributed by atoms with Crippen LogP contribution in [0.15, 0.2) is 72.8 Å². The second-order valence-corrected chi connectivity index (χ2v) is 8.46. The van der Waals surface area contributed by atoms with Gasteiger partial charge in [0.25, 0.3) is 0 Å². The zero-order valence-corrected chi connectivity index (χ0v) is 20.7. The Hall–Kier alpha value is -4.48. The zero-order valence-electron chi connectivity index (χ0n) is 19.9. The number of carbonyl (C=O) groups is 2. The van der Waals surface area contributed by atoms with Crippen LogP contribution in [0.25, 0.3) is 11.4 Å². The van der Waals surface area contributed by atoms with Crippen molar-refractivity contribution in [1.82, 2.24) is 14.8 Å². The van der Waals surface area contributed by atoms with Crippen LogP contribution < -0.4 is 5.32 Å². The number of amides is 1. The first-order valence-electron chi connectivity index (χ1n) is 11.3. The summed E-state index contributed by atoms with van der Waals surface area (Å²) in [6.07, 6.45) is 0.225. The summed E-state index contributed by atoms with van der Waals surface area (Å²) in [5.74, 6) is 6.25. The molecule has 0 bridgehead atoms. The maximum Gasteiger partial charge on any atom is 0.337 e. The van der Waals surface area contributed by atoms with Gasteiger partial charge < -0.3 is 10.1 Å². The monoisotopic (exact) mass is 496 g/mol. The molecule has 7 nitrogen and oxygen atoms in total. The molecule has 0 spiro atoms. The molecule has 2 N–H and O–H groups in total. The SMILES string of the molecule is COC(=O)c1cccc(C#Cc2cccc(NC(=O)CCn3c(-c4cccc(C)c4)n[nH]c3=S)c2)c1. The van der Waals surface area contributed by atoms with Gasteiger partial charge in [0.1, 0.15) is 0 Å². The fourth-order valence-corrected chi connectivity index (χ4v) is 3.85. The molecule has 3 aromatic carbocycles. The van der Waals surface area contributed by atoms with Crippen molar-refractivity contribution in [2.75, 3.05) is 12.4 Å². The number of hydrogen-bond acceptors (Lipinski definition) is 5. The van der Waals surface area contributed by atoms with Crippen LogP contribution in [0.3, 0.4) is 0 Å². The molecule has 1 aromatic heterocycles. The predicted octanol–water partition coefficient (Wildman–Crippen LogP) is 5.13. The van der Waals surface area contributed by atoms with Crippen LogP contribution in [0.1, 0.15) is 33.5 Å². The Morgan fingerprint density at radius 3 is 2.50 bits per heavy atom. The van der Waals surface area contributed by atoms with Crippen LogP contribution in [-0.4, -0.2) is 33.8 Å². The molecule has 180 valence electrons. The average Bonchev–Trinajstić information content (AvgIpc) is 3.26. The minimum Gasteiger partial charge on any atom is -0.465 e. The lowest BCUT2D eigenvalue weighted by Gasteiger charge is -2.09. The molecular formula is C28H24N4O3S. The molecule has 4 aromatic rings. The van der Waals surface area contributed by atoms with E-state index >= 15 is 0 Å². The highest BCUT2D eigenvalue weighted by molar-refractivity contribution is 7.71. The summed E-state index contributed by atoms with van der Waals surface area (Å²) in [6, 6.07) is 22.2. The molecule has 0 fully saturated rings. The molecule has 0 radical (unpaired) electrons. The number of nitrogens with one attached hydrogen (secondary N) is 2. The molecule has 0 aliphatic rings. The topological polar surface area (TPSA) is 89.0 Å². The molecule has 0 atom stereocenters. The molecule has 1 amide bonds. The van der Waals surface area contributed by atoms with E-state index in [2.05, 4.69) is 27.4 Å². The van der Waals surface area contributed by atoms with Crippen LogP contribution in [0.2, 0.25) is 0 Å². The Balaban J connectivity index is 1.42. The normalized spacial score (nSPS) is 10.3. The summed E-state index contributed by atoms with van der Waals surface area (Å²) in [7, 11) is 1.34. The second-order valence-electron chi connectivity index (χ2n) is 8.07. The van der Waals surface area contributed by atoms with Gasteiger partial charge in [-0.2, -0.15) is 5.10 Å². The number of aryl methyl sites for hydroxylation is 1. The molecule has 0 aliphatic carbocycles. The quantitative estimate of drug-likeness (QED) is 0.219. The number of methoxy groups -OCH3 is 1. The first-order valence-corrected chi connectivity index (χ1v) is 11.7. The lowest BCUT2D eigenvalue weighted by molar-refractivity contribution is -0.116. The number of nitrogens with zero attached hydrogens (tertiary/aromatic N) is 2. The van der Waals surface area contributed by atoms with Crippen LogP contribution in [-0.2, 0) is 16.1 Å². The molecule has 8 heteroatoms. The van der Waals surface area contributed by atoms with Gasteiger partial charge in [-0.1, -0.05) is 47.7 Å². The van der Waals surface area contributed by atoms with E-state index in [1.807, 2.05) is 60.0 Å². The Labute approximate surface area is 214 Å². The number of anilines is 1. The third kappa shape index (κ3) is 6.14. The van der Waals surface area contributed by atoms with Gasteiger partial charge in [0.2, 0.25) is 5.91 Å². The first-order chi connectivity index (χ1) is 17.4. The van der Waals surface area contributed by atoms with Crippen molar-refractivity contribution in [2.24, 2.45) is 0 Å². The number of esters is 1. The van der Waals surface area contributed by atoms with Gasteiger partial charge in [0.15, 0.2) is 10.6 Å². The van der Waals surface area contributed by atoms with E-state index < -0.39 is 5.97 Å². The maximum atomic E-state index is 12.7. The molecule has 0 saturated carbocycles. The molecular weight excluding hydrogens is 472 g/mol. The zero-order chi connectivity index (χ0) is 25.5. The van der Waals surface area contributed by atoms with Crippen molar-refractivity contribution < 1.29 is 14.3 Å². The van der Waals surface area contributed by atoms with Crippen LogP contribution in [0.4, 0.5) is 5.69 Å². The van der Waals surface area contributed by atoms with Gasteiger partial charge in [-0.15, -0.1) is 0 Å². The van der Waals surface area contributed by atoms with E-state index in [1.165, 1.54) is 7.11 Å². The van der Waals surface area contributed by atoms with Gasteiger partial charge in [0.05, 0.1) is 12.7 Å². The Kier molecular flexibility index (Phi) is 7.73. The molecule has 0 saturated heterocycles. The van der Waals surface area contributed by atoms with Crippen molar-refractivity contribution in [3.05, 3.63) is 99.8 Å². The van der Waals surface area contributed by atoms with Crippen LogP contribution in [0.5, 0.6) is 0 Å². The van der Waals surface area contributed by atoms with Crippen LogP contribution in [0, 0.1) is 23.5 Å². The van der Waals surface area contributed by atoms with Crippen LogP contribution >= 0.6 is 12.2 Å². The van der Waals surface area contributed by atoms with E-state index in [0.29, 0.717) is 34.0 Å². The maximum absolute atomic E-state index is 12.7. The van der Waals surface area contributed by atoms with Crippen molar-refractivity contribution in [2.45, 2.75) is 19.9 Å². The van der Waals surface area contributed by atoms with Gasteiger partial charge >= 0.3 is 5.97 Å². The number of ether oxygens (including phenoxy) is 1. The van der Waals surface area contributed by atoms with Gasteiger partial charge in [-0.3, -0.25) is 14.5 Å². The highest BCUT2D eigenvalue weighted by Gasteiger charge is 2.11.